The second-order valence-electron chi connectivity index (χ2n) is 8.27. The highest BCUT2D eigenvalue weighted by Crippen LogP contribution is 2.27. The summed E-state index contributed by atoms with van der Waals surface area (Å²) in [7, 11) is -3.67. The normalized spacial score (nSPS) is 16.0. The van der Waals surface area contributed by atoms with E-state index in [1.54, 1.807) is 24.3 Å². The molecule has 1 aliphatic rings. The third kappa shape index (κ3) is 5.60. The number of rotatable bonds is 7. The number of nitrogens with zero attached hydrogens (tertiary/aromatic N) is 2. The van der Waals surface area contributed by atoms with E-state index in [1.807, 2.05) is 13.8 Å². The number of nitro benzene ring substituents is 1. The zero-order valence-electron chi connectivity index (χ0n) is 19.2. The lowest BCUT2D eigenvalue weighted by Gasteiger charge is -2.30. The molecule has 1 fully saturated rings. The molecule has 0 spiro atoms. The van der Waals surface area contributed by atoms with Gasteiger partial charge in [0, 0.05) is 19.2 Å². The van der Waals surface area contributed by atoms with E-state index in [2.05, 4.69) is 5.32 Å². The fraction of sp³-hybridized carbons (Fsp3) is 0.391. The summed E-state index contributed by atoms with van der Waals surface area (Å²) in [4.78, 5) is 35.7. The molecule has 2 aromatic rings. The summed E-state index contributed by atoms with van der Waals surface area (Å²) in [6, 6.07) is 10.6. The van der Waals surface area contributed by atoms with Gasteiger partial charge in [-0.3, -0.25) is 19.7 Å². The van der Waals surface area contributed by atoms with Gasteiger partial charge in [-0.2, -0.15) is 4.31 Å². The van der Waals surface area contributed by atoms with Crippen molar-refractivity contribution in [3.05, 3.63) is 63.7 Å². The summed E-state index contributed by atoms with van der Waals surface area (Å²) in [6.07, 6.45) is -0.646. The Hall–Kier alpha value is -3.31. The highest BCUT2D eigenvalue weighted by atomic mass is 32.2. The summed E-state index contributed by atoms with van der Waals surface area (Å²) in [5.41, 5.74) is 1.62. The first-order valence-electron chi connectivity index (χ1n) is 10.8. The van der Waals surface area contributed by atoms with E-state index in [9.17, 15) is 28.1 Å². The number of esters is 1. The number of ether oxygens (including phenoxy) is 1. The third-order valence-corrected chi connectivity index (χ3v) is 7.82. The average Bonchev–Trinajstić information content (AvgIpc) is 2.80. The Bertz CT molecular complexity index is 1200. The SMILES string of the molecule is Cc1ccc(S(=O)(=O)N2CCC(C(=O)OC(C)C(=O)Nc3ccccc3[N+](=O)[O-])CC2)cc1C. The number of anilines is 1. The van der Waals surface area contributed by atoms with E-state index in [4.69, 9.17) is 4.74 Å². The van der Waals surface area contributed by atoms with Crippen LogP contribution in [-0.4, -0.2) is 48.7 Å². The van der Waals surface area contributed by atoms with Crippen LogP contribution in [0.1, 0.15) is 30.9 Å². The smallest absolute Gasteiger partial charge is 0.309 e. The number of piperidine rings is 1. The van der Waals surface area contributed by atoms with Gasteiger partial charge in [0.25, 0.3) is 11.6 Å². The molecular formula is C23H27N3O7S. The summed E-state index contributed by atoms with van der Waals surface area (Å²) in [5.74, 6) is -1.85. The van der Waals surface area contributed by atoms with E-state index in [-0.39, 0.29) is 42.2 Å². The molecule has 1 atom stereocenters. The van der Waals surface area contributed by atoms with Crippen LogP contribution in [-0.2, 0) is 24.3 Å². The van der Waals surface area contributed by atoms with Gasteiger partial charge in [-0.15, -0.1) is 0 Å². The Morgan fingerprint density at radius 2 is 1.76 bits per heavy atom. The molecule has 11 heteroatoms. The number of carbonyl (C=O) groups excluding carboxylic acids is 2. The minimum atomic E-state index is -3.67. The van der Waals surface area contributed by atoms with Gasteiger partial charge < -0.3 is 10.1 Å². The monoisotopic (exact) mass is 489 g/mol. The largest absolute Gasteiger partial charge is 0.452 e. The number of aryl methyl sites for hydroxylation is 2. The molecule has 0 aliphatic carbocycles. The van der Waals surface area contributed by atoms with Gasteiger partial charge in [-0.25, -0.2) is 8.42 Å². The molecule has 1 amide bonds. The first-order chi connectivity index (χ1) is 16.0. The maximum atomic E-state index is 13.0. The van der Waals surface area contributed by atoms with Crippen LogP contribution in [0.3, 0.4) is 0 Å². The zero-order valence-corrected chi connectivity index (χ0v) is 20.0. The lowest BCUT2D eigenvalue weighted by Crippen LogP contribution is -2.41. The average molecular weight is 490 g/mol. The lowest BCUT2D eigenvalue weighted by atomic mass is 9.98. The van der Waals surface area contributed by atoms with Crippen molar-refractivity contribution in [1.82, 2.24) is 4.31 Å². The molecule has 10 nitrogen and oxygen atoms in total. The maximum Gasteiger partial charge on any atom is 0.309 e. The second-order valence-corrected chi connectivity index (χ2v) is 10.2. The van der Waals surface area contributed by atoms with Crippen LogP contribution in [0.25, 0.3) is 0 Å². The van der Waals surface area contributed by atoms with Gasteiger partial charge in [0.15, 0.2) is 6.10 Å². The molecule has 1 heterocycles. The topological polar surface area (TPSA) is 136 Å². The van der Waals surface area contributed by atoms with Crippen LogP contribution in [0.4, 0.5) is 11.4 Å². The number of hydrogen-bond acceptors (Lipinski definition) is 7. The van der Waals surface area contributed by atoms with Crippen LogP contribution in [0.5, 0.6) is 0 Å². The number of sulfonamides is 1. The van der Waals surface area contributed by atoms with Crippen molar-refractivity contribution in [1.29, 1.82) is 0 Å². The van der Waals surface area contributed by atoms with Crippen molar-refractivity contribution in [2.24, 2.45) is 5.92 Å². The molecule has 0 aromatic heterocycles. The number of benzene rings is 2. The summed E-state index contributed by atoms with van der Waals surface area (Å²) >= 11 is 0. The fourth-order valence-corrected chi connectivity index (χ4v) is 5.21. The molecule has 3 rings (SSSR count). The molecular weight excluding hydrogens is 462 g/mol. The second kappa shape index (κ2) is 10.3. The summed E-state index contributed by atoms with van der Waals surface area (Å²) in [5, 5.41) is 13.5. The Morgan fingerprint density at radius 3 is 2.38 bits per heavy atom. The van der Waals surface area contributed by atoms with Crippen molar-refractivity contribution in [3.8, 4) is 0 Å². The Kier molecular flexibility index (Phi) is 7.68. The van der Waals surface area contributed by atoms with Gasteiger partial charge in [-0.1, -0.05) is 18.2 Å². The predicted octanol–water partition coefficient (Wildman–Crippen LogP) is 3.18. The molecule has 34 heavy (non-hydrogen) atoms. The van der Waals surface area contributed by atoms with Gasteiger partial charge in [0.1, 0.15) is 5.69 Å². The molecule has 2 aromatic carbocycles. The standard InChI is InChI=1S/C23H27N3O7S/c1-15-8-9-19(14-16(15)2)34(31,32)25-12-10-18(11-13-25)23(28)33-17(3)22(27)24-20-6-4-5-7-21(20)26(29)30/h4-9,14,17-18H,10-13H2,1-3H3,(H,24,27). The molecule has 1 unspecified atom stereocenters. The van der Waals surface area contributed by atoms with Gasteiger partial charge in [-0.05, 0) is 62.9 Å². The molecule has 1 N–H and O–H groups in total. The number of para-hydroxylation sites is 2. The highest BCUT2D eigenvalue weighted by Gasteiger charge is 2.34. The van der Waals surface area contributed by atoms with Crippen molar-refractivity contribution in [2.75, 3.05) is 18.4 Å². The summed E-state index contributed by atoms with van der Waals surface area (Å²) in [6.45, 7) is 5.45. The van der Waals surface area contributed by atoms with Crippen molar-refractivity contribution < 1.29 is 27.7 Å². The highest BCUT2D eigenvalue weighted by molar-refractivity contribution is 7.89. The fourth-order valence-electron chi connectivity index (χ4n) is 3.65. The molecule has 0 saturated carbocycles. The Morgan fingerprint density at radius 1 is 1.12 bits per heavy atom. The van der Waals surface area contributed by atoms with Crippen LogP contribution in [0, 0.1) is 29.9 Å². The van der Waals surface area contributed by atoms with Crippen LogP contribution in [0.2, 0.25) is 0 Å². The molecule has 0 bridgehead atoms. The van der Waals surface area contributed by atoms with Crippen LogP contribution in [0.15, 0.2) is 47.4 Å². The van der Waals surface area contributed by atoms with Gasteiger partial charge in [0.2, 0.25) is 10.0 Å². The third-order valence-electron chi connectivity index (χ3n) is 5.92. The van der Waals surface area contributed by atoms with E-state index in [0.29, 0.717) is 0 Å². The maximum absolute atomic E-state index is 13.0. The Labute approximate surface area is 198 Å². The predicted molar refractivity (Wildman–Crippen MR) is 125 cm³/mol. The van der Waals surface area contributed by atoms with Crippen LogP contribution >= 0.6 is 0 Å². The van der Waals surface area contributed by atoms with Crippen molar-refractivity contribution in [3.63, 3.8) is 0 Å². The van der Waals surface area contributed by atoms with E-state index < -0.39 is 38.8 Å². The number of amides is 1. The van der Waals surface area contributed by atoms with Crippen LogP contribution < -0.4 is 5.32 Å². The quantitative estimate of drug-likeness (QED) is 0.358. The van der Waals surface area contributed by atoms with E-state index in [0.717, 1.165) is 11.1 Å². The molecule has 0 radical (unpaired) electrons. The molecule has 1 saturated heterocycles. The van der Waals surface area contributed by atoms with E-state index >= 15 is 0 Å². The molecule has 1 aliphatic heterocycles. The van der Waals surface area contributed by atoms with Gasteiger partial charge >= 0.3 is 5.97 Å². The number of hydrogen-bond donors (Lipinski definition) is 1. The first-order valence-corrected chi connectivity index (χ1v) is 12.3. The number of nitro groups is 1. The van der Waals surface area contributed by atoms with Crippen molar-refractivity contribution >= 4 is 33.3 Å². The lowest BCUT2D eigenvalue weighted by molar-refractivity contribution is -0.383. The van der Waals surface area contributed by atoms with Crippen molar-refractivity contribution in [2.45, 2.75) is 44.6 Å². The number of carbonyl (C=O) groups is 2. The zero-order chi connectivity index (χ0) is 25.0. The minimum Gasteiger partial charge on any atom is -0.452 e. The Balaban J connectivity index is 1.56. The van der Waals surface area contributed by atoms with E-state index in [1.165, 1.54) is 29.4 Å². The van der Waals surface area contributed by atoms with Gasteiger partial charge in [0.05, 0.1) is 15.7 Å². The first kappa shape index (κ1) is 25.3. The number of nitrogens with one attached hydrogen (secondary N) is 1. The molecule has 182 valence electrons. The minimum absolute atomic E-state index is 0.00487. The summed E-state index contributed by atoms with van der Waals surface area (Å²) < 4.78 is 32.5.